The van der Waals surface area contributed by atoms with Gasteiger partial charge in [-0.1, -0.05) is 0 Å². The number of carboxylic acid groups (broad SMARTS) is 1. The van der Waals surface area contributed by atoms with Gasteiger partial charge < -0.3 is 9.84 Å². The average Bonchev–Trinajstić information content (AvgIpc) is 2.42. The molecule has 0 radical (unpaired) electrons. The highest BCUT2D eigenvalue weighted by Gasteiger charge is 2.39. The van der Waals surface area contributed by atoms with E-state index in [0.717, 1.165) is 16.4 Å². The number of halogens is 3. The summed E-state index contributed by atoms with van der Waals surface area (Å²) < 4.78 is 42.4. The van der Waals surface area contributed by atoms with Crippen molar-refractivity contribution in [2.24, 2.45) is 7.05 Å². The fraction of sp³-hybridized carbons (Fsp3) is 0.429. The van der Waals surface area contributed by atoms with Crippen LogP contribution in [0.1, 0.15) is 5.69 Å². The molecule has 1 aromatic heterocycles. The van der Waals surface area contributed by atoms with Crippen molar-refractivity contribution in [3.63, 3.8) is 0 Å². The molecule has 0 spiro atoms. The second-order valence-corrected chi connectivity index (χ2v) is 3.49. The first kappa shape index (κ1) is 12.7. The van der Waals surface area contributed by atoms with Crippen LogP contribution in [0.4, 0.5) is 18.0 Å². The van der Waals surface area contributed by atoms with E-state index in [4.69, 9.17) is 5.11 Å². The van der Waals surface area contributed by atoms with Crippen LogP contribution in [0.3, 0.4) is 0 Å². The highest BCUT2D eigenvalue weighted by molar-refractivity contribution is 7.98. The standard InChI is InChI=1S/C7H7F3N2O3S/c1-12-5(15-6(13)14)3(16-2)4(11-12)7(8,9)10/h1-2H3,(H,13,14). The Morgan fingerprint density at radius 3 is 2.50 bits per heavy atom. The molecule has 0 fully saturated rings. The number of ether oxygens (including phenoxy) is 1. The van der Waals surface area contributed by atoms with Gasteiger partial charge in [0.2, 0.25) is 5.88 Å². The monoisotopic (exact) mass is 256 g/mol. The van der Waals surface area contributed by atoms with Crippen LogP contribution >= 0.6 is 11.8 Å². The molecule has 0 amide bonds. The molecule has 1 rings (SSSR count). The van der Waals surface area contributed by atoms with Crippen molar-refractivity contribution in [2.45, 2.75) is 11.1 Å². The summed E-state index contributed by atoms with van der Waals surface area (Å²) in [5, 5.41) is 11.6. The molecule has 1 aromatic rings. The van der Waals surface area contributed by atoms with Gasteiger partial charge in [0.1, 0.15) is 4.90 Å². The highest BCUT2D eigenvalue weighted by atomic mass is 32.2. The summed E-state index contributed by atoms with van der Waals surface area (Å²) in [7, 11) is 1.17. The quantitative estimate of drug-likeness (QED) is 0.649. The van der Waals surface area contributed by atoms with Crippen molar-refractivity contribution in [1.29, 1.82) is 0 Å². The molecular weight excluding hydrogens is 249 g/mol. The van der Waals surface area contributed by atoms with Gasteiger partial charge in [0.25, 0.3) is 0 Å². The predicted octanol–water partition coefficient (Wildman–Crippen LogP) is 2.22. The molecule has 0 atom stereocenters. The molecule has 0 bridgehead atoms. The van der Waals surface area contributed by atoms with Gasteiger partial charge in [0, 0.05) is 7.05 Å². The minimum Gasteiger partial charge on any atom is -0.449 e. The number of rotatable bonds is 2. The molecule has 0 saturated heterocycles. The zero-order valence-electron chi connectivity index (χ0n) is 8.20. The van der Waals surface area contributed by atoms with Crippen molar-refractivity contribution in [3.05, 3.63) is 5.69 Å². The SMILES string of the molecule is CSc1c(C(F)(F)F)nn(C)c1OC(=O)O. The second kappa shape index (κ2) is 4.24. The summed E-state index contributed by atoms with van der Waals surface area (Å²) in [6.07, 6.45) is -4.95. The first-order valence-corrected chi connectivity index (χ1v) is 5.08. The number of hydrogen-bond donors (Lipinski definition) is 1. The third kappa shape index (κ3) is 2.40. The van der Waals surface area contributed by atoms with Crippen LogP contribution in [0, 0.1) is 0 Å². The van der Waals surface area contributed by atoms with Gasteiger partial charge in [-0.25, -0.2) is 9.48 Å². The van der Waals surface area contributed by atoms with Crippen molar-refractivity contribution in [1.82, 2.24) is 9.78 Å². The van der Waals surface area contributed by atoms with E-state index in [1.807, 2.05) is 0 Å². The second-order valence-electron chi connectivity index (χ2n) is 2.68. The van der Waals surface area contributed by atoms with Gasteiger partial charge in [-0.15, -0.1) is 11.8 Å². The Hall–Kier alpha value is -1.38. The predicted molar refractivity (Wildman–Crippen MR) is 48.6 cm³/mol. The summed E-state index contributed by atoms with van der Waals surface area (Å²) in [4.78, 5) is 9.94. The molecule has 0 aliphatic carbocycles. The summed E-state index contributed by atoms with van der Waals surface area (Å²) >= 11 is 0.720. The van der Waals surface area contributed by atoms with Crippen molar-refractivity contribution in [3.8, 4) is 5.88 Å². The number of aromatic nitrogens is 2. The zero-order valence-corrected chi connectivity index (χ0v) is 9.02. The lowest BCUT2D eigenvalue weighted by Crippen LogP contribution is -2.07. The lowest BCUT2D eigenvalue weighted by atomic mass is 10.4. The van der Waals surface area contributed by atoms with E-state index in [-0.39, 0.29) is 4.90 Å². The van der Waals surface area contributed by atoms with Crippen molar-refractivity contribution in [2.75, 3.05) is 6.26 Å². The highest BCUT2D eigenvalue weighted by Crippen LogP contribution is 2.40. The molecule has 0 aliphatic heterocycles. The Bertz CT molecular complexity index is 416. The van der Waals surface area contributed by atoms with E-state index in [0.29, 0.717) is 0 Å². The van der Waals surface area contributed by atoms with Crippen LogP contribution in [0.25, 0.3) is 0 Å². The Morgan fingerprint density at radius 2 is 2.12 bits per heavy atom. The molecule has 0 aliphatic rings. The maximum atomic E-state index is 12.5. The van der Waals surface area contributed by atoms with Crippen molar-refractivity contribution >= 4 is 17.9 Å². The molecule has 90 valence electrons. The van der Waals surface area contributed by atoms with Gasteiger partial charge >= 0.3 is 12.3 Å². The van der Waals surface area contributed by atoms with Crippen LogP contribution in [0.15, 0.2) is 4.90 Å². The zero-order chi connectivity index (χ0) is 12.5. The number of alkyl halides is 3. The molecule has 0 unspecified atom stereocenters. The van der Waals surface area contributed by atoms with E-state index in [2.05, 4.69) is 9.84 Å². The molecule has 1 N–H and O–H groups in total. The summed E-state index contributed by atoms with van der Waals surface area (Å²) in [6.45, 7) is 0. The van der Waals surface area contributed by atoms with E-state index in [1.165, 1.54) is 13.3 Å². The molecule has 5 nitrogen and oxygen atoms in total. The van der Waals surface area contributed by atoms with Gasteiger partial charge in [-0.3, -0.25) is 0 Å². The first-order chi connectivity index (χ1) is 7.27. The lowest BCUT2D eigenvalue weighted by molar-refractivity contribution is -0.143. The Kier molecular flexibility index (Phi) is 3.36. The average molecular weight is 256 g/mol. The fourth-order valence-electron chi connectivity index (χ4n) is 1.05. The van der Waals surface area contributed by atoms with E-state index in [1.54, 1.807) is 0 Å². The van der Waals surface area contributed by atoms with Gasteiger partial charge in [-0.2, -0.15) is 18.3 Å². The Balaban J connectivity index is 3.29. The molecular formula is C7H7F3N2O3S. The van der Waals surface area contributed by atoms with Crippen molar-refractivity contribution < 1.29 is 27.8 Å². The van der Waals surface area contributed by atoms with E-state index >= 15 is 0 Å². The first-order valence-electron chi connectivity index (χ1n) is 3.86. The van der Waals surface area contributed by atoms with E-state index in [9.17, 15) is 18.0 Å². The fourth-order valence-corrected chi connectivity index (χ4v) is 1.75. The minimum absolute atomic E-state index is 0.350. The smallest absolute Gasteiger partial charge is 0.449 e. The van der Waals surface area contributed by atoms with Gasteiger partial charge in [0.15, 0.2) is 5.69 Å². The van der Waals surface area contributed by atoms with Crippen LogP contribution in [0.2, 0.25) is 0 Å². The third-order valence-corrected chi connectivity index (χ3v) is 2.39. The maximum absolute atomic E-state index is 12.5. The van der Waals surface area contributed by atoms with Crippen LogP contribution in [-0.2, 0) is 13.2 Å². The van der Waals surface area contributed by atoms with Crippen LogP contribution in [0.5, 0.6) is 5.88 Å². The third-order valence-electron chi connectivity index (χ3n) is 1.61. The largest absolute Gasteiger partial charge is 0.512 e. The molecule has 9 heteroatoms. The van der Waals surface area contributed by atoms with Crippen LogP contribution < -0.4 is 4.74 Å². The summed E-state index contributed by atoms with van der Waals surface area (Å²) in [6, 6.07) is 0. The van der Waals surface area contributed by atoms with Gasteiger partial charge in [0.05, 0.1) is 0 Å². The maximum Gasteiger partial charge on any atom is 0.512 e. The molecule has 0 aromatic carbocycles. The van der Waals surface area contributed by atoms with E-state index < -0.39 is 23.9 Å². The number of carbonyl (C=O) groups is 1. The number of thioether (sulfide) groups is 1. The topological polar surface area (TPSA) is 64.4 Å². The molecule has 1 heterocycles. The number of aryl methyl sites for hydroxylation is 1. The summed E-state index contributed by atoms with van der Waals surface area (Å²) in [5.41, 5.74) is -1.15. The Labute approximate surface area is 92.2 Å². The molecule has 0 saturated carbocycles. The van der Waals surface area contributed by atoms with Gasteiger partial charge in [-0.05, 0) is 6.26 Å². The summed E-state index contributed by atoms with van der Waals surface area (Å²) in [5.74, 6) is -0.438. The number of hydrogen-bond acceptors (Lipinski definition) is 4. The Morgan fingerprint density at radius 1 is 1.56 bits per heavy atom. The normalized spacial score (nSPS) is 11.6. The van der Waals surface area contributed by atoms with Crippen LogP contribution in [-0.4, -0.2) is 27.3 Å². The molecule has 16 heavy (non-hydrogen) atoms. The minimum atomic E-state index is -4.64. The lowest BCUT2D eigenvalue weighted by Gasteiger charge is -2.04. The number of nitrogens with zero attached hydrogens (tertiary/aromatic N) is 2.